The van der Waals surface area contributed by atoms with Crippen LogP contribution in [0.1, 0.15) is 24.1 Å². The third-order valence-corrected chi connectivity index (χ3v) is 6.48. The van der Waals surface area contributed by atoms with E-state index in [0.29, 0.717) is 30.9 Å². The maximum Gasteiger partial charge on any atom is 0.305 e. The first kappa shape index (κ1) is 17.6. The Hall–Kier alpha value is -1.84. The lowest BCUT2D eigenvalue weighted by molar-refractivity contribution is -0.141. The molecule has 1 aromatic heterocycles. The van der Waals surface area contributed by atoms with Crippen molar-refractivity contribution in [2.45, 2.75) is 30.3 Å². The summed E-state index contributed by atoms with van der Waals surface area (Å²) in [6.45, 7) is 1.15. The van der Waals surface area contributed by atoms with Gasteiger partial charge >= 0.3 is 5.97 Å². The Balaban J connectivity index is 1.63. The number of alkyl halides is 2. The fourth-order valence-corrected chi connectivity index (χ4v) is 4.72. The molecule has 0 radical (unpaired) electrons. The molecule has 3 aliphatic rings. The van der Waals surface area contributed by atoms with E-state index in [1.807, 2.05) is 4.90 Å². The molecule has 0 spiro atoms. The normalized spacial score (nSPS) is 28.6. The Kier molecular flexibility index (Phi) is 3.77. The molecule has 2 fully saturated rings. The molecule has 26 heavy (non-hydrogen) atoms. The monoisotopic (exact) mass is 387 g/mol. The van der Waals surface area contributed by atoms with Gasteiger partial charge in [0.05, 0.1) is 7.11 Å². The fourth-order valence-electron chi connectivity index (χ4n) is 4.21. The first-order valence-electron chi connectivity index (χ1n) is 8.43. The molecule has 1 aromatic rings. The number of piperidine rings is 1. The Bertz CT molecular complexity index is 878. The fraction of sp³-hybridized carbons (Fsp3) is 0.688. The summed E-state index contributed by atoms with van der Waals surface area (Å²) in [6, 6.07) is 0. The van der Waals surface area contributed by atoms with Crippen LogP contribution in [0.25, 0.3) is 0 Å². The summed E-state index contributed by atoms with van der Waals surface area (Å²) in [5, 5.41) is -0.556. The van der Waals surface area contributed by atoms with E-state index in [1.165, 1.54) is 7.11 Å². The van der Waals surface area contributed by atoms with Crippen LogP contribution in [0, 0.1) is 17.8 Å². The molecular weight excluding hydrogens is 368 g/mol. The topological polar surface area (TPSA) is 89.5 Å². The first-order chi connectivity index (χ1) is 12.1. The standard InChI is InChI=1S/C16H19F2N3O4S/c1-25-12(22)5-9-10-6-21(7-11(9)10)14-8-3-4-16(17,18)13(8)19-15(20-14)26(2,23)24/h9-11H,3-7H2,1-2H3/t9-,10-,11+. The van der Waals surface area contributed by atoms with Crippen molar-refractivity contribution in [1.29, 1.82) is 0 Å². The van der Waals surface area contributed by atoms with Gasteiger partial charge in [-0.2, -0.15) is 8.78 Å². The lowest BCUT2D eigenvalue weighted by atomic mass is 10.1. The number of fused-ring (bicyclic) bond motifs is 2. The van der Waals surface area contributed by atoms with Gasteiger partial charge in [-0.05, 0) is 24.2 Å². The Labute approximate surface area is 149 Å². The quantitative estimate of drug-likeness (QED) is 0.566. The number of carbonyl (C=O) groups is 1. The van der Waals surface area contributed by atoms with Gasteiger partial charge in [-0.1, -0.05) is 0 Å². The maximum atomic E-state index is 14.1. The third-order valence-electron chi connectivity index (χ3n) is 5.63. The average molecular weight is 387 g/mol. The van der Waals surface area contributed by atoms with Crippen molar-refractivity contribution in [3.05, 3.63) is 11.3 Å². The molecule has 0 N–H and O–H groups in total. The van der Waals surface area contributed by atoms with Gasteiger partial charge in [-0.15, -0.1) is 0 Å². The second kappa shape index (κ2) is 5.58. The Morgan fingerprint density at radius 3 is 2.54 bits per heavy atom. The highest BCUT2D eigenvalue weighted by molar-refractivity contribution is 7.90. The molecule has 4 rings (SSSR count). The summed E-state index contributed by atoms with van der Waals surface area (Å²) in [4.78, 5) is 21.1. The molecule has 0 aromatic carbocycles. The minimum Gasteiger partial charge on any atom is -0.469 e. The number of hydrogen-bond acceptors (Lipinski definition) is 7. The maximum absolute atomic E-state index is 14.1. The molecule has 0 amide bonds. The summed E-state index contributed by atoms with van der Waals surface area (Å²) < 4.78 is 56.7. The molecule has 10 heteroatoms. The van der Waals surface area contributed by atoms with E-state index in [4.69, 9.17) is 4.74 Å². The van der Waals surface area contributed by atoms with Crippen LogP contribution < -0.4 is 4.90 Å². The molecule has 2 aliphatic carbocycles. The molecule has 1 saturated heterocycles. The van der Waals surface area contributed by atoms with Crippen LogP contribution in [0.2, 0.25) is 0 Å². The summed E-state index contributed by atoms with van der Waals surface area (Å²) in [6.07, 6.45) is 1.01. The molecular formula is C16H19F2N3O4S. The number of halogens is 2. The first-order valence-corrected chi connectivity index (χ1v) is 10.3. The second-order valence-electron chi connectivity index (χ2n) is 7.31. The molecule has 2 heterocycles. The number of rotatable bonds is 4. The van der Waals surface area contributed by atoms with Crippen LogP contribution in [0.5, 0.6) is 0 Å². The van der Waals surface area contributed by atoms with Crippen molar-refractivity contribution >= 4 is 21.6 Å². The summed E-state index contributed by atoms with van der Waals surface area (Å²) in [5.41, 5.74) is -0.122. The van der Waals surface area contributed by atoms with E-state index in [0.717, 1.165) is 6.26 Å². The van der Waals surface area contributed by atoms with Gasteiger partial charge < -0.3 is 9.64 Å². The molecule has 0 unspecified atom stereocenters. The van der Waals surface area contributed by atoms with E-state index >= 15 is 0 Å². The molecule has 142 valence electrons. The van der Waals surface area contributed by atoms with Crippen LogP contribution >= 0.6 is 0 Å². The minimum atomic E-state index is -3.80. The predicted molar refractivity (Wildman–Crippen MR) is 86.7 cm³/mol. The Morgan fingerprint density at radius 2 is 1.96 bits per heavy atom. The van der Waals surface area contributed by atoms with Crippen molar-refractivity contribution in [3.63, 3.8) is 0 Å². The highest BCUT2D eigenvalue weighted by atomic mass is 32.2. The van der Waals surface area contributed by atoms with Crippen LogP contribution in [0.15, 0.2) is 5.16 Å². The van der Waals surface area contributed by atoms with Crippen LogP contribution in [-0.2, 0) is 31.7 Å². The van der Waals surface area contributed by atoms with Crippen molar-refractivity contribution in [2.24, 2.45) is 17.8 Å². The summed E-state index contributed by atoms with van der Waals surface area (Å²) in [5.74, 6) is -2.28. The Morgan fingerprint density at radius 1 is 1.31 bits per heavy atom. The third kappa shape index (κ3) is 2.74. The zero-order valence-corrected chi connectivity index (χ0v) is 15.2. The van der Waals surface area contributed by atoms with Crippen LogP contribution in [-0.4, -0.2) is 50.8 Å². The van der Waals surface area contributed by atoms with Gasteiger partial charge in [0.2, 0.25) is 15.0 Å². The van der Waals surface area contributed by atoms with Crippen molar-refractivity contribution < 1.29 is 26.7 Å². The minimum absolute atomic E-state index is 0.124. The highest BCUT2D eigenvalue weighted by Gasteiger charge is 2.57. The van der Waals surface area contributed by atoms with Crippen molar-refractivity contribution in [1.82, 2.24) is 9.97 Å². The lowest BCUT2D eigenvalue weighted by Crippen LogP contribution is -2.28. The smallest absolute Gasteiger partial charge is 0.305 e. The van der Waals surface area contributed by atoms with E-state index in [9.17, 15) is 22.0 Å². The number of nitrogens with zero attached hydrogens (tertiary/aromatic N) is 3. The van der Waals surface area contributed by atoms with Crippen LogP contribution in [0.3, 0.4) is 0 Å². The number of anilines is 1. The average Bonchev–Trinajstić information content (AvgIpc) is 2.92. The zero-order valence-electron chi connectivity index (χ0n) is 14.4. The number of sulfone groups is 1. The van der Waals surface area contributed by atoms with Gasteiger partial charge in [0.15, 0.2) is 0 Å². The largest absolute Gasteiger partial charge is 0.469 e. The molecule has 7 nitrogen and oxygen atoms in total. The number of ether oxygens (including phenoxy) is 1. The van der Waals surface area contributed by atoms with E-state index in [1.54, 1.807) is 0 Å². The molecule has 0 bridgehead atoms. The van der Waals surface area contributed by atoms with Crippen LogP contribution in [0.4, 0.5) is 14.6 Å². The lowest BCUT2D eigenvalue weighted by Gasteiger charge is -2.24. The van der Waals surface area contributed by atoms with E-state index < -0.39 is 26.6 Å². The molecule has 3 atom stereocenters. The highest BCUT2D eigenvalue weighted by Crippen LogP contribution is 2.55. The summed E-state index contributed by atoms with van der Waals surface area (Å²) in [7, 11) is -2.45. The van der Waals surface area contributed by atoms with Gasteiger partial charge in [-0.25, -0.2) is 18.4 Å². The van der Waals surface area contributed by atoms with E-state index in [2.05, 4.69) is 9.97 Å². The van der Waals surface area contributed by atoms with Gasteiger partial charge in [0.1, 0.15) is 11.5 Å². The predicted octanol–water partition coefficient (Wildman–Crippen LogP) is 1.16. The zero-order chi connectivity index (χ0) is 18.9. The van der Waals surface area contributed by atoms with Gasteiger partial charge in [0.25, 0.3) is 5.92 Å². The summed E-state index contributed by atoms with van der Waals surface area (Å²) >= 11 is 0. The molecule has 1 saturated carbocycles. The number of carbonyl (C=O) groups excluding carboxylic acids is 1. The van der Waals surface area contributed by atoms with Gasteiger partial charge in [-0.3, -0.25) is 4.79 Å². The van der Waals surface area contributed by atoms with Crippen molar-refractivity contribution in [3.8, 4) is 0 Å². The van der Waals surface area contributed by atoms with E-state index in [-0.39, 0.29) is 36.6 Å². The number of hydrogen-bond donors (Lipinski definition) is 0. The molecule has 1 aliphatic heterocycles. The number of methoxy groups -OCH3 is 1. The SMILES string of the molecule is COC(=O)C[C@@H]1[C@H]2CN(c3nc(S(C)(=O)=O)nc4c3CCC4(F)F)C[C@@H]12. The second-order valence-corrected chi connectivity index (χ2v) is 9.22. The van der Waals surface area contributed by atoms with Crippen molar-refractivity contribution in [2.75, 3.05) is 31.4 Å². The number of esters is 1. The number of aromatic nitrogens is 2. The van der Waals surface area contributed by atoms with Gasteiger partial charge in [0, 0.05) is 37.8 Å².